The molecule has 0 aliphatic heterocycles. The third-order valence-corrected chi connectivity index (χ3v) is 6.09. The van der Waals surface area contributed by atoms with Crippen molar-refractivity contribution in [2.45, 2.75) is 37.6 Å². The van der Waals surface area contributed by atoms with Gasteiger partial charge in [-0.3, -0.25) is 4.98 Å². The van der Waals surface area contributed by atoms with Crippen molar-refractivity contribution in [3.05, 3.63) is 71.1 Å². The van der Waals surface area contributed by atoms with Crippen LogP contribution in [0.1, 0.15) is 37.2 Å². The summed E-state index contributed by atoms with van der Waals surface area (Å²) < 4.78 is 13.8. The van der Waals surface area contributed by atoms with Gasteiger partial charge in [-0.25, -0.2) is 9.18 Å². The van der Waals surface area contributed by atoms with Gasteiger partial charge in [0.1, 0.15) is 5.82 Å². The van der Waals surface area contributed by atoms with E-state index in [1.165, 1.54) is 6.07 Å². The van der Waals surface area contributed by atoms with Crippen LogP contribution in [0.2, 0.25) is 5.02 Å². The van der Waals surface area contributed by atoms with E-state index in [2.05, 4.69) is 10.3 Å². The Labute approximate surface area is 174 Å². The van der Waals surface area contributed by atoms with Crippen LogP contribution in [0.5, 0.6) is 0 Å². The van der Waals surface area contributed by atoms with Crippen LogP contribution >= 0.6 is 11.6 Å². The van der Waals surface area contributed by atoms with Crippen LogP contribution in [-0.4, -0.2) is 29.0 Å². The highest BCUT2D eigenvalue weighted by Crippen LogP contribution is 2.37. The number of aromatic nitrogens is 1. The van der Waals surface area contributed by atoms with Crippen LogP contribution in [0.3, 0.4) is 0 Å². The molecule has 0 spiro atoms. The Morgan fingerprint density at radius 3 is 2.55 bits per heavy atom. The van der Waals surface area contributed by atoms with Gasteiger partial charge in [-0.15, -0.1) is 0 Å². The minimum absolute atomic E-state index is 0.118. The number of amides is 2. The van der Waals surface area contributed by atoms with Crippen molar-refractivity contribution >= 4 is 34.2 Å². The lowest BCUT2D eigenvalue weighted by molar-refractivity contribution is 0.182. The van der Waals surface area contributed by atoms with E-state index in [0.717, 1.165) is 47.8 Å². The molecule has 4 nitrogen and oxygen atoms in total. The number of carbonyl (C=O) groups is 1. The van der Waals surface area contributed by atoms with Gasteiger partial charge in [0, 0.05) is 35.4 Å². The van der Waals surface area contributed by atoms with Gasteiger partial charge in [0.2, 0.25) is 0 Å². The largest absolute Gasteiger partial charge is 0.325 e. The lowest BCUT2D eigenvalue weighted by Crippen LogP contribution is -2.41. The molecule has 0 atom stereocenters. The minimum atomic E-state index is -0.237. The summed E-state index contributed by atoms with van der Waals surface area (Å²) in [4.78, 5) is 18.7. The second-order valence-corrected chi connectivity index (χ2v) is 8.05. The molecule has 0 bridgehead atoms. The second-order valence-electron chi connectivity index (χ2n) is 7.62. The normalized spacial score (nSPS) is 19.1. The highest BCUT2D eigenvalue weighted by Gasteiger charge is 2.28. The lowest BCUT2D eigenvalue weighted by Gasteiger charge is -2.35. The number of anilines is 1. The smallest absolute Gasteiger partial charge is 0.321 e. The number of carbonyl (C=O) groups excluding carboxylic acids is 1. The third-order valence-electron chi connectivity index (χ3n) is 5.84. The molecule has 1 N–H and O–H groups in total. The van der Waals surface area contributed by atoms with Crippen molar-refractivity contribution in [3.8, 4) is 0 Å². The molecule has 1 aromatic heterocycles. The van der Waals surface area contributed by atoms with Crippen LogP contribution in [0.4, 0.5) is 14.9 Å². The molecule has 2 amide bonds. The van der Waals surface area contributed by atoms with Crippen molar-refractivity contribution in [1.82, 2.24) is 9.88 Å². The summed E-state index contributed by atoms with van der Waals surface area (Å²) in [7, 11) is 1.84. The molecule has 1 fully saturated rings. The van der Waals surface area contributed by atoms with E-state index in [1.807, 2.05) is 13.1 Å². The zero-order valence-corrected chi connectivity index (χ0v) is 17.0. The zero-order valence-electron chi connectivity index (χ0n) is 16.2. The van der Waals surface area contributed by atoms with Gasteiger partial charge >= 0.3 is 6.03 Å². The fourth-order valence-electron chi connectivity index (χ4n) is 4.18. The van der Waals surface area contributed by atoms with E-state index in [9.17, 15) is 9.18 Å². The average molecular weight is 412 g/mol. The number of nitrogens with zero attached hydrogens (tertiary/aromatic N) is 2. The first-order valence-corrected chi connectivity index (χ1v) is 10.2. The Bertz CT molecular complexity index is 1020. The van der Waals surface area contributed by atoms with Crippen molar-refractivity contribution in [3.63, 3.8) is 0 Å². The van der Waals surface area contributed by atoms with Crippen molar-refractivity contribution < 1.29 is 9.18 Å². The summed E-state index contributed by atoms with van der Waals surface area (Å²) in [6, 6.07) is 13.9. The number of pyridine rings is 1. The number of hydrogen-bond acceptors (Lipinski definition) is 2. The summed E-state index contributed by atoms with van der Waals surface area (Å²) in [6.07, 6.45) is 5.54. The molecule has 0 radical (unpaired) electrons. The van der Waals surface area contributed by atoms with Crippen LogP contribution in [0.15, 0.2) is 54.7 Å². The first kappa shape index (κ1) is 19.6. The number of fused-ring (bicyclic) bond motifs is 1. The maximum absolute atomic E-state index is 13.8. The molecule has 1 heterocycles. The average Bonchev–Trinajstić information content (AvgIpc) is 2.74. The molecule has 1 aliphatic rings. The molecule has 1 aliphatic carbocycles. The Morgan fingerprint density at radius 2 is 1.83 bits per heavy atom. The number of rotatable bonds is 3. The van der Waals surface area contributed by atoms with E-state index in [1.54, 1.807) is 47.5 Å². The number of urea groups is 1. The highest BCUT2D eigenvalue weighted by atomic mass is 35.5. The van der Waals surface area contributed by atoms with Crippen molar-refractivity contribution in [2.24, 2.45) is 0 Å². The molecule has 1 saturated carbocycles. The van der Waals surface area contributed by atoms with E-state index in [0.29, 0.717) is 10.9 Å². The maximum atomic E-state index is 13.8. The predicted molar refractivity (Wildman–Crippen MR) is 115 cm³/mol. The fraction of sp³-hybridized carbons (Fsp3) is 0.304. The minimum Gasteiger partial charge on any atom is -0.325 e. The first-order chi connectivity index (χ1) is 14.0. The summed E-state index contributed by atoms with van der Waals surface area (Å²) in [5.74, 6) is 0.116. The van der Waals surface area contributed by atoms with Gasteiger partial charge in [0.15, 0.2) is 0 Å². The highest BCUT2D eigenvalue weighted by molar-refractivity contribution is 6.30. The second kappa shape index (κ2) is 8.37. The van der Waals surface area contributed by atoms with E-state index < -0.39 is 0 Å². The van der Waals surface area contributed by atoms with E-state index >= 15 is 0 Å². The van der Waals surface area contributed by atoms with Gasteiger partial charge < -0.3 is 10.2 Å². The summed E-state index contributed by atoms with van der Waals surface area (Å²) in [5, 5.41) is 4.45. The molecule has 6 heteroatoms. The molecule has 3 aromatic rings. The number of benzene rings is 2. The number of halogens is 2. The van der Waals surface area contributed by atoms with Crippen molar-refractivity contribution in [2.75, 3.05) is 12.4 Å². The SMILES string of the molecule is CN(C(=O)Nc1ccc(Cl)cc1)[C@H]1CC[C@H](c2ccnc3ccc(F)cc32)CC1. The number of hydrogen-bond donors (Lipinski definition) is 1. The summed E-state index contributed by atoms with van der Waals surface area (Å²) in [5.41, 5.74) is 2.71. The third kappa shape index (κ3) is 4.35. The monoisotopic (exact) mass is 411 g/mol. The molecular weight excluding hydrogens is 389 g/mol. The fourth-order valence-corrected chi connectivity index (χ4v) is 4.31. The summed E-state index contributed by atoms with van der Waals surface area (Å²) >= 11 is 5.89. The molecule has 4 rings (SSSR count). The molecule has 0 saturated heterocycles. The van der Waals surface area contributed by atoms with Gasteiger partial charge in [0.25, 0.3) is 0 Å². The van der Waals surface area contributed by atoms with E-state index in [-0.39, 0.29) is 17.9 Å². The van der Waals surface area contributed by atoms with Gasteiger partial charge in [-0.2, -0.15) is 0 Å². The van der Waals surface area contributed by atoms with Gasteiger partial charge in [-0.1, -0.05) is 11.6 Å². The molecule has 2 aromatic carbocycles. The van der Waals surface area contributed by atoms with Gasteiger partial charge in [-0.05, 0) is 85.7 Å². The topological polar surface area (TPSA) is 45.2 Å². The van der Waals surface area contributed by atoms with Crippen LogP contribution < -0.4 is 5.32 Å². The Balaban J connectivity index is 1.41. The Kier molecular flexibility index (Phi) is 5.67. The quantitative estimate of drug-likeness (QED) is 0.556. The number of nitrogens with one attached hydrogen (secondary N) is 1. The Hall–Kier alpha value is -2.66. The van der Waals surface area contributed by atoms with Gasteiger partial charge in [0.05, 0.1) is 5.52 Å². The molecule has 150 valence electrons. The maximum Gasteiger partial charge on any atom is 0.321 e. The van der Waals surface area contributed by atoms with Crippen molar-refractivity contribution in [1.29, 1.82) is 0 Å². The van der Waals surface area contributed by atoms with Crippen LogP contribution in [0.25, 0.3) is 10.9 Å². The molecule has 29 heavy (non-hydrogen) atoms. The molecule has 0 unspecified atom stereocenters. The molecular formula is C23H23ClFN3O. The summed E-state index contributed by atoms with van der Waals surface area (Å²) in [6.45, 7) is 0. The van der Waals surface area contributed by atoms with Crippen LogP contribution in [-0.2, 0) is 0 Å². The lowest BCUT2D eigenvalue weighted by atomic mass is 9.80. The first-order valence-electron chi connectivity index (χ1n) is 9.85. The van der Waals surface area contributed by atoms with Crippen LogP contribution in [0, 0.1) is 5.82 Å². The standard InChI is InChI=1S/C23H23ClFN3O/c1-28(23(29)27-18-7-4-16(24)5-8-18)19-9-2-15(3-10-19)20-12-13-26-22-11-6-17(25)14-21(20)22/h4-8,11-15,19H,2-3,9-10H2,1H3,(H,27,29)/t15-,19-. The van der Waals surface area contributed by atoms with E-state index in [4.69, 9.17) is 11.6 Å². The zero-order chi connectivity index (χ0) is 20.4. The predicted octanol–water partition coefficient (Wildman–Crippen LogP) is 6.22. The Morgan fingerprint density at radius 1 is 1.10 bits per heavy atom.